The van der Waals surface area contributed by atoms with Crippen molar-refractivity contribution in [3.63, 3.8) is 0 Å². The van der Waals surface area contributed by atoms with Crippen LogP contribution in [0.5, 0.6) is 0 Å². The van der Waals surface area contributed by atoms with Gasteiger partial charge in [-0.1, -0.05) is 0 Å². The summed E-state index contributed by atoms with van der Waals surface area (Å²) in [5.74, 6) is 0. The number of nitrogens with two attached hydrogens (primary N) is 1. The molecule has 2 fully saturated rings. The van der Waals surface area contributed by atoms with Gasteiger partial charge in [-0.3, -0.25) is 4.90 Å². The minimum atomic E-state index is 0.333. The van der Waals surface area contributed by atoms with Gasteiger partial charge in [-0.05, 0) is 38.6 Å². The molecule has 0 spiro atoms. The molecule has 2 aliphatic rings. The largest absolute Gasteiger partial charge is 0.396 e. The van der Waals surface area contributed by atoms with E-state index in [1.165, 1.54) is 32.2 Å². The SMILES string of the molecule is NC1CC(N2CCCC2CCO)C1. The van der Waals surface area contributed by atoms with Gasteiger partial charge in [0.2, 0.25) is 0 Å². The fourth-order valence-electron chi connectivity index (χ4n) is 2.70. The van der Waals surface area contributed by atoms with Crippen molar-refractivity contribution in [3.8, 4) is 0 Å². The van der Waals surface area contributed by atoms with Crippen LogP contribution in [-0.2, 0) is 0 Å². The molecule has 76 valence electrons. The van der Waals surface area contributed by atoms with E-state index < -0.39 is 0 Å². The highest BCUT2D eigenvalue weighted by atomic mass is 16.3. The summed E-state index contributed by atoms with van der Waals surface area (Å²) in [6.45, 7) is 1.56. The molecule has 3 heteroatoms. The number of hydrogen-bond donors (Lipinski definition) is 2. The maximum Gasteiger partial charge on any atom is 0.0445 e. The van der Waals surface area contributed by atoms with Crippen LogP contribution in [0.3, 0.4) is 0 Å². The number of hydrogen-bond acceptors (Lipinski definition) is 3. The molecule has 1 saturated heterocycles. The third-order valence-electron chi connectivity index (χ3n) is 3.50. The number of rotatable bonds is 3. The summed E-state index contributed by atoms with van der Waals surface area (Å²) in [6, 6.07) is 1.82. The minimum Gasteiger partial charge on any atom is -0.396 e. The van der Waals surface area contributed by atoms with Crippen LogP contribution in [-0.4, -0.2) is 41.3 Å². The Kier molecular flexibility index (Phi) is 2.86. The Balaban J connectivity index is 1.83. The fraction of sp³-hybridized carbons (Fsp3) is 1.00. The van der Waals surface area contributed by atoms with Gasteiger partial charge in [0.05, 0.1) is 0 Å². The standard InChI is InChI=1S/C10H20N2O/c11-8-6-10(7-8)12-4-1-2-9(12)3-5-13/h8-10,13H,1-7,11H2. The summed E-state index contributed by atoms with van der Waals surface area (Å²) in [5.41, 5.74) is 5.78. The zero-order valence-corrected chi connectivity index (χ0v) is 8.15. The first-order valence-electron chi connectivity index (χ1n) is 5.43. The van der Waals surface area contributed by atoms with Crippen molar-refractivity contribution in [2.24, 2.45) is 5.73 Å². The molecule has 1 aliphatic carbocycles. The predicted molar refractivity (Wildman–Crippen MR) is 52.4 cm³/mol. The van der Waals surface area contributed by atoms with E-state index in [4.69, 9.17) is 10.8 Å². The Morgan fingerprint density at radius 2 is 2.15 bits per heavy atom. The average Bonchev–Trinajstić information content (AvgIpc) is 2.48. The first kappa shape index (κ1) is 9.44. The van der Waals surface area contributed by atoms with Crippen molar-refractivity contribution < 1.29 is 5.11 Å². The molecular formula is C10H20N2O. The molecule has 1 unspecified atom stereocenters. The van der Waals surface area contributed by atoms with E-state index in [0.29, 0.717) is 18.7 Å². The van der Waals surface area contributed by atoms with Crippen molar-refractivity contribution in [1.29, 1.82) is 0 Å². The summed E-state index contributed by atoms with van der Waals surface area (Å²) in [4.78, 5) is 2.57. The molecule has 1 atom stereocenters. The van der Waals surface area contributed by atoms with Crippen LogP contribution in [0, 0.1) is 0 Å². The van der Waals surface area contributed by atoms with Gasteiger partial charge in [0, 0.05) is 24.7 Å². The summed E-state index contributed by atoms with van der Waals surface area (Å²) in [5, 5.41) is 8.92. The molecule has 3 N–H and O–H groups in total. The Labute approximate surface area is 79.9 Å². The van der Waals surface area contributed by atoms with Crippen LogP contribution < -0.4 is 5.73 Å². The second-order valence-electron chi connectivity index (χ2n) is 4.43. The normalized spacial score (nSPS) is 40.6. The predicted octanol–water partition coefficient (Wildman–Crippen LogP) is 0.323. The molecule has 3 nitrogen and oxygen atoms in total. The molecule has 2 rings (SSSR count). The second-order valence-corrected chi connectivity index (χ2v) is 4.43. The van der Waals surface area contributed by atoms with E-state index >= 15 is 0 Å². The van der Waals surface area contributed by atoms with E-state index in [2.05, 4.69) is 4.90 Å². The van der Waals surface area contributed by atoms with Crippen molar-refractivity contribution in [3.05, 3.63) is 0 Å². The Hall–Kier alpha value is -0.120. The Morgan fingerprint density at radius 1 is 1.38 bits per heavy atom. The molecule has 13 heavy (non-hydrogen) atoms. The van der Waals surface area contributed by atoms with Crippen LogP contribution in [0.4, 0.5) is 0 Å². The lowest BCUT2D eigenvalue weighted by Crippen LogP contribution is -2.52. The quantitative estimate of drug-likeness (QED) is 0.664. The van der Waals surface area contributed by atoms with Crippen LogP contribution in [0.1, 0.15) is 32.1 Å². The van der Waals surface area contributed by atoms with Gasteiger partial charge in [-0.2, -0.15) is 0 Å². The van der Waals surface area contributed by atoms with Gasteiger partial charge in [0.15, 0.2) is 0 Å². The molecule has 0 bridgehead atoms. The highest BCUT2D eigenvalue weighted by molar-refractivity contribution is 4.94. The van der Waals surface area contributed by atoms with E-state index in [1.54, 1.807) is 0 Å². The summed E-state index contributed by atoms with van der Waals surface area (Å²) in [7, 11) is 0. The molecular weight excluding hydrogens is 164 g/mol. The monoisotopic (exact) mass is 184 g/mol. The summed E-state index contributed by atoms with van der Waals surface area (Å²) < 4.78 is 0. The van der Waals surface area contributed by atoms with Gasteiger partial charge in [0.25, 0.3) is 0 Å². The Morgan fingerprint density at radius 3 is 2.77 bits per heavy atom. The van der Waals surface area contributed by atoms with Crippen molar-refractivity contribution in [2.75, 3.05) is 13.2 Å². The summed E-state index contributed by atoms with van der Waals surface area (Å²) >= 11 is 0. The topological polar surface area (TPSA) is 49.5 Å². The lowest BCUT2D eigenvalue weighted by molar-refractivity contribution is 0.0851. The number of aliphatic hydroxyl groups is 1. The fourth-order valence-corrected chi connectivity index (χ4v) is 2.70. The van der Waals surface area contributed by atoms with E-state index in [-0.39, 0.29) is 0 Å². The average molecular weight is 184 g/mol. The molecule has 0 aromatic rings. The third kappa shape index (κ3) is 1.87. The van der Waals surface area contributed by atoms with Crippen molar-refractivity contribution in [2.45, 2.75) is 50.2 Å². The molecule has 1 heterocycles. The second kappa shape index (κ2) is 3.95. The van der Waals surface area contributed by atoms with E-state index in [1.807, 2.05) is 0 Å². The van der Waals surface area contributed by atoms with Crippen molar-refractivity contribution >= 4 is 0 Å². The van der Waals surface area contributed by atoms with E-state index in [9.17, 15) is 0 Å². The maximum atomic E-state index is 8.92. The van der Waals surface area contributed by atoms with Crippen LogP contribution in [0.25, 0.3) is 0 Å². The molecule has 0 aromatic heterocycles. The highest BCUT2D eigenvalue weighted by Crippen LogP contribution is 2.31. The number of nitrogens with zero attached hydrogens (tertiary/aromatic N) is 1. The lowest BCUT2D eigenvalue weighted by atomic mass is 9.86. The first-order valence-corrected chi connectivity index (χ1v) is 5.43. The molecule has 0 aromatic carbocycles. The van der Waals surface area contributed by atoms with Crippen LogP contribution >= 0.6 is 0 Å². The highest BCUT2D eigenvalue weighted by Gasteiger charge is 2.36. The van der Waals surface area contributed by atoms with E-state index in [0.717, 1.165) is 12.5 Å². The molecule has 1 aliphatic heterocycles. The number of aliphatic hydroxyl groups excluding tert-OH is 1. The molecule has 0 radical (unpaired) electrons. The van der Waals surface area contributed by atoms with Gasteiger partial charge >= 0.3 is 0 Å². The lowest BCUT2D eigenvalue weighted by Gasteiger charge is -2.42. The third-order valence-corrected chi connectivity index (χ3v) is 3.50. The van der Waals surface area contributed by atoms with Crippen LogP contribution in [0.2, 0.25) is 0 Å². The Bertz CT molecular complexity index is 168. The van der Waals surface area contributed by atoms with Crippen molar-refractivity contribution in [1.82, 2.24) is 4.90 Å². The smallest absolute Gasteiger partial charge is 0.0445 e. The first-order chi connectivity index (χ1) is 6.31. The zero-order valence-electron chi connectivity index (χ0n) is 8.15. The number of likely N-dealkylation sites (tertiary alicyclic amines) is 1. The van der Waals surface area contributed by atoms with Gasteiger partial charge in [-0.15, -0.1) is 0 Å². The van der Waals surface area contributed by atoms with Gasteiger partial charge in [0.1, 0.15) is 0 Å². The van der Waals surface area contributed by atoms with Crippen LogP contribution in [0.15, 0.2) is 0 Å². The summed E-state index contributed by atoms with van der Waals surface area (Å²) in [6.07, 6.45) is 5.86. The van der Waals surface area contributed by atoms with Gasteiger partial charge in [-0.25, -0.2) is 0 Å². The van der Waals surface area contributed by atoms with Gasteiger partial charge < -0.3 is 10.8 Å². The maximum absolute atomic E-state index is 8.92. The molecule has 0 amide bonds. The zero-order chi connectivity index (χ0) is 9.26. The minimum absolute atomic E-state index is 0.333. The molecule has 1 saturated carbocycles.